The van der Waals surface area contributed by atoms with Gasteiger partial charge in [-0.3, -0.25) is 4.79 Å². The van der Waals surface area contributed by atoms with E-state index in [-0.39, 0.29) is 11.9 Å². The average Bonchev–Trinajstić information content (AvgIpc) is 2.54. The van der Waals surface area contributed by atoms with Crippen LogP contribution in [0.25, 0.3) is 0 Å². The first-order valence-corrected chi connectivity index (χ1v) is 7.06. The highest BCUT2D eigenvalue weighted by Gasteiger charge is 2.18. The van der Waals surface area contributed by atoms with Gasteiger partial charge in [-0.05, 0) is 18.6 Å². The van der Waals surface area contributed by atoms with E-state index in [2.05, 4.69) is 0 Å². The number of methoxy groups -OCH3 is 1. The second-order valence-corrected chi connectivity index (χ2v) is 5.08. The van der Waals surface area contributed by atoms with Crippen LogP contribution in [0.3, 0.4) is 0 Å². The molecule has 0 aliphatic heterocycles. The van der Waals surface area contributed by atoms with Crippen molar-refractivity contribution in [3.63, 3.8) is 0 Å². The molecule has 110 valence electrons. The zero-order chi connectivity index (χ0) is 15.2. The number of hydrogen-bond acceptors (Lipinski definition) is 2. The lowest BCUT2D eigenvalue weighted by Gasteiger charge is -2.25. The van der Waals surface area contributed by atoms with Crippen molar-refractivity contribution >= 4 is 5.91 Å². The Morgan fingerprint density at radius 2 is 1.71 bits per heavy atom. The molecule has 0 fully saturated rings. The topological polar surface area (TPSA) is 29.5 Å². The number of carbonyl (C=O) groups is 1. The maximum Gasteiger partial charge on any atom is 0.227 e. The van der Waals surface area contributed by atoms with Crippen LogP contribution in [-0.4, -0.2) is 25.0 Å². The van der Waals surface area contributed by atoms with E-state index in [1.165, 1.54) is 0 Å². The molecular weight excluding hydrogens is 262 g/mol. The molecule has 21 heavy (non-hydrogen) atoms. The molecule has 0 spiro atoms. The lowest BCUT2D eigenvalue weighted by Crippen LogP contribution is -2.31. The Hall–Kier alpha value is -2.29. The summed E-state index contributed by atoms with van der Waals surface area (Å²) in [5.41, 5.74) is 2.05. The molecule has 0 saturated heterocycles. The Morgan fingerprint density at radius 1 is 1.10 bits per heavy atom. The van der Waals surface area contributed by atoms with Crippen molar-refractivity contribution in [3.8, 4) is 5.75 Å². The highest BCUT2D eigenvalue weighted by molar-refractivity contribution is 5.79. The molecule has 0 aliphatic carbocycles. The third-order valence-electron chi connectivity index (χ3n) is 3.79. The maximum absolute atomic E-state index is 12.5. The minimum absolute atomic E-state index is 0.0495. The Labute approximate surface area is 126 Å². The normalized spacial score (nSPS) is 11.8. The molecule has 2 aromatic rings. The highest BCUT2D eigenvalue weighted by Crippen LogP contribution is 2.22. The molecule has 0 aromatic heterocycles. The van der Waals surface area contributed by atoms with Crippen LogP contribution in [0.5, 0.6) is 5.75 Å². The summed E-state index contributed by atoms with van der Waals surface area (Å²) >= 11 is 0. The van der Waals surface area contributed by atoms with E-state index < -0.39 is 0 Å². The van der Waals surface area contributed by atoms with Gasteiger partial charge in [-0.1, -0.05) is 48.5 Å². The van der Waals surface area contributed by atoms with Crippen LogP contribution in [0.15, 0.2) is 54.6 Å². The number of hydrogen-bond donors (Lipinski definition) is 0. The zero-order valence-electron chi connectivity index (χ0n) is 12.7. The predicted molar refractivity (Wildman–Crippen MR) is 84.3 cm³/mol. The van der Waals surface area contributed by atoms with Gasteiger partial charge in [0.25, 0.3) is 0 Å². The Morgan fingerprint density at radius 3 is 2.38 bits per heavy atom. The van der Waals surface area contributed by atoms with Crippen molar-refractivity contribution in [2.45, 2.75) is 19.4 Å². The summed E-state index contributed by atoms with van der Waals surface area (Å²) in [7, 11) is 3.47. The van der Waals surface area contributed by atoms with E-state index >= 15 is 0 Å². The summed E-state index contributed by atoms with van der Waals surface area (Å²) in [6.07, 6.45) is 0.345. The fourth-order valence-corrected chi connectivity index (χ4v) is 2.31. The molecule has 0 radical (unpaired) electrons. The van der Waals surface area contributed by atoms with E-state index in [0.717, 1.165) is 16.9 Å². The van der Waals surface area contributed by atoms with Crippen molar-refractivity contribution in [2.24, 2.45) is 0 Å². The van der Waals surface area contributed by atoms with Gasteiger partial charge in [0, 0.05) is 12.6 Å². The predicted octanol–water partition coefficient (Wildman–Crippen LogP) is 3.46. The van der Waals surface area contributed by atoms with Crippen LogP contribution < -0.4 is 4.74 Å². The van der Waals surface area contributed by atoms with Crippen molar-refractivity contribution < 1.29 is 9.53 Å². The first-order valence-electron chi connectivity index (χ1n) is 7.06. The van der Waals surface area contributed by atoms with Crippen LogP contribution in [0, 0.1) is 0 Å². The lowest BCUT2D eigenvalue weighted by molar-refractivity contribution is -0.131. The number of amides is 1. The highest BCUT2D eigenvalue weighted by atomic mass is 16.5. The van der Waals surface area contributed by atoms with Gasteiger partial charge in [0.15, 0.2) is 0 Å². The Kier molecular flexibility index (Phi) is 4.99. The molecule has 1 atom stereocenters. The van der Waals surface area contributed by atoms with Gasteiger partial charge < -0.3 is 9.64 Å². The van der Waals surface area contributed by atoms with Crippen LogP contribution in [0.4, 0.5) is 0 Å². The number of carbonyl (C=O) groups excluding carboxylic acids is 1. The smallest absolute Gasteiger partial charge is 0.227 e. The van der Waals surface area contributed by atoms with Gasteiger partial charge in [0.2, 0.25) is 5.91 Å². The molecule has 0 unspecified atom stereocenters. The third-order valence-corrected chi connectivity index (χ3v) is 3.79. The van der Waals surface area contributed by atoms with Gasteiger partial charge in [-0.25, -0.2) is 0 Å². The number of rotatable bonds is 5. The average molecular weight is 283 g/mol. The number of likely N-dealkylation sites (N-methyl/N-ethyl adjacent to an activating group) is 1. The minimum atomic E-state index is 0.0495. The van der Waals surface area contributed by atoms with Crippen LogP contribution in [-0.2, 0) is 11.2 Å². The summed E-state index contributed by atoms with van der Waals surface area (Å²) in [6, 6.07) is 17.7. The number of benzene rings is 2. The SMILES string of the molecule is COc1ccccc1CC(=O)N(C)[C@@H](C)c1ccccc1. The van der Waals surface area contributed by atoms with Gasteiger partial charge in [0.1, 0.15) is 5.75 Å². The molecule has 0 N–H and O–H groups in total. The number of para-hydroxylation sites is 1. The molecule has 0 aliphatic rings. The van der Waals surface area contributed by atoms with Gasteiger partial charge in [-0.2, -0.15) is 0 Å². The molecule has 0 saturated carbocycles. The van der Waals surface area contributed by atoms with Crippen molar-refractivity contribution in [1.29, 1.82) is 0 Å². The molecule has 3 heteroatoms. The van der Waals surface area contributed by atoms with Gasteiger partial charge in [-0.15, -0.1) is 0 Å². The van der Waals surface area contributed by atoms with Crippen molar-refractivity contribution in [3.05, 3.63) is 65.7 Å². The molecule has 1 amide bonds. The monoisotopic (exact) mass is 283 g/mol. The molecule has 3 nitrogen and oxygen atoms in total. The van der Waals surface area contributed by atoms with Gasteiger partial charge >= 0.3 is 0 Å². The minimum Gasteiger partial charge on any atom is -0.496 e. The van der Waals surface area contributed by atoms with E-state index in [0.29, 0.717) is 6.42 Å². The van der Waals surface area contributed by atoms with E-state index in [1.807, 2.05) is 68.6 Å². The van der Waals surface area contributed by atoms with Gasteiger partial charge in [0.05, 0.1) is 19.6 Å². The lowest BCUT2D eigenvalue weighted by atomic mass is 10.1. The van der Waals surface area contributed by atoms with E-state index in [9.17, 15) is 4.79 Å². The Balaban J connectivity index is 2.09. The first-order chi connectivity index (χ1) is 10.1. The summed E-state index contributed by atoms with van der Waals surface area (Å²) in [5, 5.41) is 0. The molecule has 0 bridgehead atoms. The zero-order valence-corrected chi connectivity index (χ0v) is 12.7. The maximum atomic E-state index is 12.5. The largest absolute Gasteiger partial charge is 0.496 e. The molecular formula is C18H21NO2. The second kappa shape index (κ2) is 6.93. The summed E-state index contributed by atoms with van der Waals surface area (Å²) in [4.78, 5) is 14.2. The Bertz CT molecular complexity index is 595. The van der Waals surface area contributed by atoms with E-state index in [1.54, 1.807) is 12.0 Å². The molecule has 2 aromatic carbocycles. The first kappa shape index (κ1) is 15.1. The van der Waals surface area contributed by atoms with Crippen LogP contribution in [0.1, 0.15) is 24.1 Å². The molecule has 2 rings (SSSR count). The summed E-state index contributed by atoms with van der Waals surface area (Å²) in [6.45, 7) is 2.04. The number of nitrogens with zero attached hydrogens (tertiary/aromatic N) is 1. The van der Waals surface area contributed by atoms with E-state index in [4.69, 9.17) is 4.74 Å². The van der Waals surface area contributed by atoms with Crippen molar-refractivity contribution in [2.75, 3.05) is 14.2 Å². The number of ether oxygens (including phenoxy) is 1. The fourth-order valence-electron chi connectivity index (χ4n) is 2.31. The van der Waals surface area contributed by atoms with Crippen LogP contribution in [0.2, 0.25) is 0 Å². The third kappa shape index (κ3) is 3.63. The second-order valence-electron chi connectivity index (χ2n) is 5.08. The van der Waals surface area contributed by atoms with Crippen LogP contribution >= 0.6 is 0 Å². The molecule has 0 heterocycles. The van der Waals surface area contributed by atoms with Crippen molar-refractivity contribution in [1.82, 2.24) is 4.90 Å². The quantitative estimate of drug-likeness (QED) is 0.841. The summed E-state index contributed by atoms with van der Waals surface area (Å²) < 4.78 is 5.30. The fraction of sp³-hybridized carbons (Fsp3) is 0.278. The standard InChI is InChI=1S/C18H21NO2/c1-14(15-9-5-4-6-10-15)19(2)18(20)13-16-11-7-8-12-17(16)21-3/h4-12,14H,13H2,1-3H3/t14-/m0/s1. The summed E-state index contributed by atoms with van der Waals surface area (Å²) in [5.74, 6) is 0.836.